The Kier molecular flexibility index (Phi) is 9.80. The van der Waals surface area contributed by atoms with E-state index in [2.05, 4.69) is 19.7 Å². The van der Waals surface area contributed by atoms with Crippen molar-refractivity contribution in [1.82, 2.24) is 15.0 Å². The minimum absolute atomic E-state index is 0. The van der Waals surface area contributed by atoms with Gasteiger partial charge in [0.05, 0.1) is 18.1 Å². The van der Waals surface area contributed by atoms with Crippen LogP contribution in [-0.2, 0) is 16.9 Å². The van der Waals surface area contributed by atoms with Crippen LogP contribution in [-0.4, -0.2) is 97.4 Å². The van der Waals surface area contributed by atoms with E-state index in [9.17, 15) is 18.4 Å². The van der Waals surface area contributed by atoms with Gasteiger partial charge in [-0.05, 0) is 12.1 Å². The van der Waals surface area contributed by atoms with Gasteiger partial charge in [-0.2, -0.15) is 13.8 Å². The van der Waals surface area contributed by atoms with Crippen LogP contribution in [0.25, 0.3) is 11.0 Å². The Morgan fingerprint density at radius 3 is 2.70 bits per heavy atom. The first-order valence-electron chi connectivity index (χ1n) is 7.01. The number of nitrogens with zero attached hydrogens (tertiary/aromatic N) is 2. The first kappa shape index (κ1) is 24.4. The van der Waals surface area contributed by atoms with Crippen LogP contribution < -0.4 is 9.47 Å². The summed E-state index contributed by atoms with van der Waals surface area (Å²) in [6, 6.07) is 5.55. The third-order valence-corrected chi connectivity index (χ3v) is 4.46. The molecule has 1 atom stereocenters. The number of methoxy groups -OCH3 is 1. The molecule has 136 valence electrons. The number of halogens is 2. The van der Waals surface area contributed by atoms with Crippen LogP contribution >= 0.6 is 0 Å². The summed E-state index contributed by atoms with van der Waals surface area (Å²) in [7, 11) is 1.37. The summed E-state index contributed by atoms with van der Waals surface area (Å²) in [5.74, 6) is -0.0530. The van der Waals surface area contributed by atoms with Crippen LogP contribution in [0.15, 0.2) is 35.6 Å². The van der Waals surface area contributed by atoms with Gasteiger partial charge in [0.25, 0.3) is 0 Å². The molecule has 0 bridgehead atoms. The minimum atomic E-state index is -2.94. The number of pyridine rings is 1. The number of imidazole rings is 1. The maximum absolute atomic E-state index is 12.5. The van der Waals surface area contributed by atoms with Crippen LogP contribution in [0.4, 0.5) is 8.78 Å². The van der Waals surface area contributed by atoms with Gasteiger partial charge in [0.1, 0.15) is 11.4 Å². The first-order chi connectivity index (χ1) is 12.0. The summed E-state index contributed by atoms with van der Waals surface area (Å²) in [5, 5.41) is 9.88. The fourth-order valence-corrected chi connectivity index (χ4v) is 3.26. The van der Waals surface area contributed by atoms with Gasteiger partial charge in [-0.1, -0.05) is 0 Å². The van der Waals surface area contributed by atoms with Crippen LogP contribution in [0.5, 0.6) is 17.2 Å². The Hall–Kier alpha value is -0.590. The predicted molar refractivity (Wildman–Crippen MR) is 99.6 cm³/mol. The SMILES string of the molecule is COc1c(O)ccnc1C[S+]([O-])c1nc2cc(OC(F)F)ccc2[nH]1.[NaH].[NaH]. The molecule has 0 fully saturated rings. The molecule has 0 saturated carbocycles. The molecule has 0 saturated heterocycles. The van der Waals surface area contributed by atoms with Crippen molar-refractivity contribution in [3.8, 4) is 17.2 Å². The van der Waals surface area contributed by atoms with E-state index in [0.29, 0.717) is 16.7 Å². The number of aromatic nitrogens is 3. The molecule has 3 rings (SSSR count). The van der Waals surface area contributed by atoms with Gasteiger partial charge in [0.2, 0.25) is 0 Å². The second kappa shape index (κ2) is 10.8. The van der Waals surface area contributed by atoms with Gasteiger partial charge in [0, 0.05) is 29.5 Å². The fraction of sp³-hybridized carbons (Fsp3) is 0.200. The summed E-state index contributed by atoms with van der Waals surface area (Å²) in [6.07, 6.45) is 1.37. The molecule has 0 aliphatic carbocycles. The van der Waals surface area contributed by atoms with Crippen molar-refractivity contribution in [2.24, 2.45) is 0 Å². The molecule has 27 heavy (non-hydrogen) atoms. The summed E-state index contributed by atoms with van der Waals surface area (Å²) >= 11 is -1.61. The summed E-state index contributed by atoms with van der Waals surface area (Å²) in [6.45, 7) is -2.94. The molecule has 2 N–H and O–H groups in total. The summed E-state index contributed by atoms with van der Waals surface area (Å²) in [4.78, 5) is 11.1. The van der Waals surface area contributed by atoms with Gasteiger partial charge >= 0.3 is 70.9 Å². The quantitative estimate of drug-likeness (QED) is 0.463. The molecule has 0 aliphatic heterocycles. The number of fused-ring (bicyclic) bond motifs is 1. The number of ether oxygens (including phenoxy) is 2. The Morgan fingerprint density at radius 1 is 1.30 bits per heavy atom. The maximum atomic E-state index is 12.5. The summed E-state index contributed by atoms with van der Waals surface area (Å²) in [5.41, 5.74) is 1.18. The molecule has 2 heterocycles. The molecule has 1 aromatic carbocycles. The number of hydrogen-bond acceptors (Lipinski definition) is 6. The molecule has 0 aliphatic rings. The molecule has 0 radical (unpaired) electrons. The average Bonchev–Trinajstić information content (AvgIpc) is 2.98. The van der Waals surface area contributed by atoms with E-state index in [1.165, 1.54) is 37.6 Å². The van der Waals surface area contributed by atoms with E-state index in [1.54, 1.807) is 0 Å². The number of rotatable bonds is 6. The van der Waals surface area contributed by atoms with Crippen LogP contribution in [0.2, 0.25) is 0 Å². The topological polar surface area (TPSA) is 103 Å². The molecule has 0 amide bonds. The van der Waals surface area contributed by atoms with Crippen molar-refractivity contribution < 1.29 is 27.9 Å². The van der Waals surface area contributed by atoms with Gasteiger partial charge in [-0.15, -0.1) is 0 Å². The van der Waals surface area contributed by atoms with E-state index in [1.807, 2.05) is 0 Å². The second-order valence-corrected chi connectivity index (χ2v) is 6.27. The van der Waals surface area contributed by atoms with Gasteiger partial charge in [-0.25, -0.2) is 0 Å². The molecular weight excluding hydrogens is 402 g/mol. The van der Waals surface area contributed by atoms with E-state index in [-0.39, 0.29) is 87.3 Å². The van der Waals surface area contributed by atoms with Gasteiger partial charge in [0.15, 0.2) is 17.3 Å². The van der Waals surface area contributed by atoms with E-state index in [0.717, 1.165) is 0 Å². The number of aromatic amines is 1. The van der Waals surface area contributed by atoms with Crippen molar-refractivity contribution in [3.63, 3.8) is 0 Å². The van der Waals surface area contributed by atoms with E-state index < -0.39 is 17.8 Å². The molecular formula is C15H15F2N3Na2O4S. The number of alkyl halides is 2. The molecule has 3 aromatic rings. The number of benzene rings is 1. The van der Waals surface area contributed by atoms with Crippen molar-refractivity contribution in [3.05, 3.63) is 36.2 Å². The normalized spacial score (nSPS) is 11.6. The third kappa shape index (κ3) is 5.94. The number of aromatic hydroxyl groups is 1. The zero-order valence-corrected chi connectivity index (χ0v) is 13.7. The zero-order chi connectivity index (χ0) is 18.0. The first-order valence-corrected chi connectivity index (χ1v) is 8.33. The van der Waals surface area contributed by atoms with Crippen molar-refractivity contribution in [2.45, 2.75) is 17.5 Å². The van der Waals surface area contributed by atoms with Gasteiger partial charge < -0.3 is 19.1 Å². The molecule has 0 spiro atoms. The van der Waals surface area contributed by atoms with Crippen LogP contribution in [0.3, 0.4) is 0 Å². The van der Waals surface area contributed by atoms with E-state index >= 15 is 0 Å². The Bertz CT molecular complexity index is 901. The standard InChI is InChI=1S/C15H13F2N3O4S.2Na.2H/c1-23-13-11(18-5-4-12(13)21)7-25(22)15-19-9-3-2-8(24-14(16)17)6-10(9)20-15;;;;/h2-6,14H,7H2,1H3,(H,18,21)(H,19,20);;;;. The van der Waals surface area contributed by atoms with E-state index in [4.69, 9.17) is 4.74 Å². The Labute approximate surface area is 200 Å². The van der Waals surface area contributed by atoms with Crippen LogP contribution in [0.1, 0.15) is 5.69 Å². The Balaban J connectivity index is 0.00000182. The molecule has 12 heteroatoms. The molecule has 7 nitrogen and oxygen atoms in total. The number of nitrogens with one attached hydrogen (secondary N) is 1. The zero-order valence-electron chi connectivity index (χ0n) is 12.9. The monoisotopic (exact) mass is 417 g/mol. The average molecular weight is 417 g/mol. The second-order valence-electron chi connectivity index (χ2n) is 4.90. The third-order valence-electron chi connectivity index (χ3n) is 3.30. The molecule has 2 aromatic heterocycles. The Morgan fingerprint density at radius 2 is 2.04 bits per heavy atom. The summed E-state index contributed by atoms with van der Waals surface area (Å²) < 4.78 is 46.4. The fourth-order valence-electron chi connectivity index (χ4n) is 2.24. The number of hydrogen-bond donors (Lipinski definition) is 2. The van der Waals surface area contributed by atoms with Crippen molar-refractivity contribution in [2.75, 3.05) is 7.11 Å². The molecule has 1 unspecified atom stereocenters. The number of H-pyrrole nitrogens is 1. The van der Waals surface area contributed by atoms with Gasteiger partial charge in [-0.3, -0.25) is 9.97 Å². The predicted octanol–water partition coefficient (Wildman–Crippen LogP) is 1.28. The van der Waals surface area contributed by atoms with Crippen molar-refractivity contribution in [1.29, 1.82) is 0 Å². The van der Waals surface area contributed by atoms with Crippen molar-refractivity contribution >= 4 is 81.3 Å². The van der Waals surface area contributed by atoms with Crippen LogP contribution in [0, 0.1) is 0 Å².